The van der Waals surface area contributed by atoms with Crippen LogP contribution in [0.5, 0.6) is 11.5 Å². The number of nitrogens with one attached hydrogen (secondary N) is 1. The Hall–Kier alpha value is -2.71. The normalized spacial score (nSPS) is 16.6. The summed E-state index contributed by atoms with van der Waals surface area (Å²) in [6, 6.07) is 4.68. The first-order valence-electron chi connectivity index (χ1n) is 7.83. The minimum Gasteiger partial charge on any atom is -0.454 e. The molecule has 6 nitrogen and oxygen atoms in total. The number of nitrogens with zero attached hydrogens (tertiary/aromatic N) is 2. The molecule has 1 aliphatic heterocycles. The van der Waals surface area contributed by atoms with Gasteiger partial charge in [0.05, 0.1) is 5.69 Å². The lowest BCUT2D eigenvalue weighted by Gasteiger charge is -2.27. The number of hydrogen-bond donors (Lipinski definition) is 2. The summed E-state index contributed by atoms with van der Waals surface area (Å²) in [7, 11) is 0. The van der Waals surface area contributed by atoms with E-state index in [1.54, 1.807) is 6.07 Å². The largest absolute Gasteiger partial charge is 0.454 e. The molecule has 25 heavy (non-hydrogen) atoms. The highest BCUT2D eigenvalue weighted by Crippen LogP contribution is 2.42. The van der Waals surface area contributed by atoms with Gasteiger partial charge in [-0.15, -0.1) is 0 Å². The predicted molar refractivity (Wildman–Crippen MR) is 84.3 cm³/mol. The highest BCUT2D eigenvalue weighted by atomic mass is 19.4. The fourth-order valence-corrected chi connectivity index (χ4v) is 2.81. The fourth-order valence-electron chi connectivity index (χ4n) is 2.81. The molecule has 0 spiro atoms. The van der Waals surface area contributed by atoms with Gasteiger partial charge in [-0.3, -0.25) is 0 Å². The molecule has 3 N–H and O–H groups in total. The molecule has 1 aromatic heterocycles. The molecule has 4 rings (SSSR count). The maximum Gasteiger partial charge on any atom is 0.422 e. The fraction of sp³-hybridized carbons (Fsp3) is 0.375. The second-order valence-corrected chi connectivity index (χ2v) is 5.99. The van der Waals surface area contributed by atoms with Gasteiger partial charge in [-0.2, -0.15) is 18.2 Å². The van der Waals surface area contributed by atoms with Crippen LogP contribution in [0, 0.1) is 0 Å². The number of aromatic nitrogens is 2. The van der Waals surface area contributed by atoms with Crippen molar-refractivity contribution in [2.75, 3.05) is 17.8 Å². The van der Waals surface area contributed by atoms with Crippen molar-refractivity contribution >= 4 is 11.8 Å². The van der Waals surface area contributed by atoms with Crippen LogP contribution in [0.15, 0.2) is 18.2 Å². The molecule has 2 aromatic rings. The van der Waals surface area contributed by atoms with Gasteiger partial charge in [-0.25, -0.2) is 4.98 Å². The standard InChI is InChI=1S/C16H15F3N4O2/c17-16(18,19)12-13(8-4-5-10-11(6-8)25-7-24-10)22-15(23-14(12)20)21-9-2-1-3-9/h4-6,9H,1-3,7H2,(H3,20,21,22,23). The van der Waals surface area contributed by atoms with E-state index in [1.807, 2.05) is 0 Å². The Kier molecular flexibility index (Phi) is 3.59. The molecule has 1 fully saturated rings. The molecule has 0 bridgehead atoms. The molecule has 1 aliphatic carbocycles. The summed E-state index contributed by atoms with van der Waals surface area (Å²) in [6.45, 7) is 0.0330. The maximum atomic E-state index is 13.5. The molecule has 2 heterocycles. The van der Waals surface area contributed by atoms with E-state index < -0.39 is 17.6 Å². The predicted octanol–water partition coefficient (Wildman–Crippen LogP) is 3.44. The molecule has 0 amide bonds. The molecule has 0 saturated heterocycles. The second kappa shape index (κ2) is 5.68. The van der Waals surface area contributed by atoms with Gasteiger partial charge in [0, 0.05) is 11.6 Å². The third-order valence-electron chi connectivity index (χ3n) is 4.30. The smallest absolute Gasteiger partial charge is 0.422 e. The lowest BCUT2D eigenvalue weighted by Crippen LogP contribution is -2.28. The average molecular weight is 352 g/mol. The summed E-state index contributed by atoms with van der Waals surface area (Å²) >= 11 is 0. The molecule has 132 valence electrons. The zero-order valence-corrected chi connectivity index (χ0v) is 13.1. The van der Waals surface area contributed by atoms with Crippen molar-refractivity contribution < 1.29 is 22.6 Å². The van der Waals surface area contributed by atoms with Crippen LogP contribution in [0.1, 0.15) is 24.8 Å². The van der Waals surface area contributed by atoms with Gasteiger partial charge in [0.15, 0.2) is 11.5 Å². The van der Waals surface area contributed by atoms with E-state index in [0.29, 0.717) is 11.5 Å². The molecular weight excluding hydrogens is 337 g/mol. The second-order valence-electron chi connectivity index (χ2n) is 5.99. The number of fused-ring (bicyclic) bond motifs is 1. The topological polar surface area (TPSA) is 82.3 Å². The summed E-state index contributed by atoms with van der Waals surface area (Å²) in [5, 5.41) is 3.03. The zero-order chi connectivity index (χ0) is 17.6. The van der Waals surface area contributed by atoms with Crippen LogP contribution in [0.25, 0.3) is 11.3 Å². The third kappa shape index (κ3) is 2.90. The molecule has 1 saturated carbocycles. The SMILES string of the molecule is Nc1nc(NC2CCC2)nc(-c2ccc3c(c2)OCO3)c1C(F)(F)F. The summed E-state index contributed by atoms with van der Waals surface area (Å²) in [5.41, 5.74) is 4.54. The first kappa shape index (κ1) is 15.8. The first-order chi connectivity index (χ1) is 11.9. The Labute approximate surface area is 141 Å². The van der Waals surface area contributed by atoms with Crippen LogP contribution < -0.4 is 20.5 Å². The molecule has 1 aromatic carbocycles. The van der Waals surface area contributed by atoms with E-state index in [9.17, 15) is 13.2 Å². The van der Waals surface area contributed by atoms with E-state index in [4.69, 9.17) is 15.2 Å². The van der Waals surface area contributed by atoms with Crippen molar-refractivity contribution in [1.82, 2.24) is 9.97 Å². The summed E-state index contributed by atoms with van der Waals surface area (Å²) in [4.78, 5) is 7.90. The van der Waals surface area contributed by atoms with Crippen LogP contribution in [0.4, 0.5) is 24.9 Å². The van der Waals surface area contributed by atoms with Gasteiger partial charge in [-0.1, -0.05) is 0 Å². The number of halogens is 3. The Balaban J connectivity index is 1.82. The van der Waals surface area contributed by atoms with E-state index in [0.717, 1.165) is 19.3 Å². The Morgan fingerprint density at radius 1 is 1.12 bits per heavy atom. The van der Waals surface area contributed by atoms with Crippen molar-refractivity contribution in [1.29, 1.82) is 0 Å². The van der Waals surface area contributed by atoms with Gasteiger partial charge in [0.25, 0.3) is 0 Å². The van der Waals surface area contributed by atoms with E-state index in [-0.39, 0.29) is 30.0 Å². The van der Waals surface area contributed by atoms with Gasteiger partial charge >= 0.3 is 6.18 Å². The number of nitrogen functional groups attached to an aromatic ring is 1. The number of hydrogen-bond acceptors (Lipinski definition) is 6. The highest BCUT2D eigenvalue weighted by Gasteiger charge is 2.39. The number of benzene rings is 1. The van der Waals surface area contributed by atoms with Gasteiger partial charge < -0.3 is 20.5 Å². The molecule has 9 heteroatoms. The van der Waals surface area contributed by atoms with Crippen molar-refractivity contribution in [2.45, 2.75) is 31.5 Å². The van der Waals surface area contributed by atoms with Crippen LogP contribution in [0.3, 0.4) is 0 Å². The van der Waals surface area contributed by atoms with Gasteiger partial charge in [0.2, 0.25) is 12.7 Å². The van der Waals surface area contributed by atoms with Crippen LogP contribution in [-0.2, 0) is 6.18 Å². The Bertz CT molecular complexity index is 822. The monoisotopic (exact) mass is 352 g/mol. The number of anilines is 2. The van der Waals surface area contributed by atoms with Crippen LogP contribution >= 0.6 is 0 Å². The van der Waals surface area contributed by atoms with E-state index >= 15 is 0 Å². The maximum absolute atomic E-state index is 13.5. The summed E-state index contributed by atoms with van der Waals surface area (Å²) in [6.07, 6.45) is -1.74. The number of rotatable bonds is 3. The molecular formula is C16H15F3N4O2. The number of alkyl halides is 3. The quantitative estimate of drug-likeness (QED) is 0.881. The number of nitrogens with two attached hydrogens (primary N) is 1. The van der Waals surface area contributed by atoms with Gasteiger partial charge in [0.1, 0.15) is 11.4 Å². The van der Waals surface area contributed by atoms with Crippen molar-refractivity contribution in [3.05, 3.63) is 23.8 Å². The highest BCUT2D eigenvalue weighted by molar-refractivity contribution is 5.72. The third-order valence-corrected chi connectivity index (χ3v) is 4.30. The van der Waals surface area contributed by atoms with Crippen molar-refractivity contribution in [2.24, 2.45) is 0 Å². The minimum atomic E-state index is -4.68. The summed E-state index contributed by atoms with van der Waals surface area (Å²) in [5.74, 6) is 0.350. The Morgan fingerprint density at radius 2 is 1.88 bits per heavy atom. The minimum absolute atomic E-state index is 0.0330. The zero-order valence-electron chi connectivity index (χ0n) is 13.1. The Morgan fingerprint density at radius 3 is 2.56 bits per heavy atom. The number of ether oxygens (including phenoxy) is 2. The lowest BCUT2D eigenvalue weighted by molar-refractivity contribution is -0.136. The summed E-state index contributed by atoms with van der Waals surface area (Å²) < 4.78 is 51.0. The molecule has 0 atom stereocenters. The molecule has 0 unspecified atom stereocenters. The molecule has 0 radical (unpaired) electrons. The van der Waals surface area contributed by atoms with E-state index in [1.165, 1.54) is 12.1 Å². The lowest BCUT2D eigenvalue weighted by atomic mass is 9.93. The first-order valence-corrected chi connectivity index (χ1v) is 7.83. The molecule has 2 aliphatic rings. The van der Waals surface area contributed by atoms with Crippen molar-refractivity contribution in [3.63, 3.8) is 0 Å². The van der Waals surface area contributed by atoms with Crippen LogP contribution in [-0.4, -0.2) is 22.8 Å². The average Bonchev–Trinajstić information content (AvgIpc) is 2.96. The van der Waals surface area contributed by atoms with E-state index in [2.05, 4.69) is 15.3 Å². The van der Waals surface area contributed by atoms with Crippen molar-refractivity contribution in [3.8, 4) is 22.8 Å². The van der Waals surface area contributed by atoms with Gasteiger partial charge in [-0.05, 0) is 37.5 Å². The van der Waals surface area contributed by atoms with Crippen LogP contribution in [0.2, 0.25) is 0 Å².